The monoisotopic (exact) mass is 309 g/mol. The maximum Gasteiger partial charge on any atom is 0.231 e. The molecule has 23 heavy (non-hydrogen) atoms. The maximum absolute atomic E-state index is 12.5. The predicted octanol–water partition coefficient (Wildman–Crippen LogP) is 5.24. The lowest BCUT2D eigenvalue weighted by Gasteiger charge is -2.15. The van der Waals surface area contributed by atoms with Gasteiger partial charge in [-0.3, -0.25) is 4.79 Å². The molecule has 2 rings (SSSR count). The largest absolute Gasteiger partial charge is 0.325 e. The molecule has 1 atom stereocenters. The van der Waals surface area contributed by atoms with E-state index < -0.39 is 0 Å². The first-order valence-corrected chi connectivity index (χ1v) is 8.34. The molecule has 0 saturated carbocycles. The summed E-state index contributed by atoms with van der Waals surface area (Å²) in [5.74, 6) is 0.518. The van der Waals surface area contributed by atoms with Gasteiger partial charge in [0.1, 0.15) is 0 Å². The van der Waals surface area contributed by atoms with Crippen molar-refractivity contribution in [3.05, 3.63) is 64.7 Å². The van der Waals surface area contributed by atoms with Crippen LogP contribution < -0.4 is 5.32 Å². The molecule has 0 radical (unpaired) electrons. The number of benzene rings is 2. The number of aryl methyl sites for hydroxylation is 1. The van der Waals surface area contributed by atoms with Crippen molar-refractivity contribution in [2.24, 2.45) is 5.92 Å². The van der Waals surface area contributed by atoms with E-state index in [-0.39, 0.29) is 11.8 Å². The van der Waals surface area contributed by atoms with Crippen LogP contribution in [0.15, 0.2) is 42.5 Å². The maximum atomic E-state index is 12.5. The van der Waals surface area contributed by atoms with E-state index in [0.29, 0.717) is 5.92 Å². The molecule has 0 spiro atoms. The summed E-state index contributed by atoms with van der Waals surface area (Å²) in [4.78, 5) is 12.5. The molecular formula is C21H27NO. The minimum absolute atomic E-state index is 0.0373. The lowest BCUT2D eigenvalue weighted by Crippen LogP contribution is -2.19. The molecule has 2 nitrogen and oxygen atoms in total. The summed E-state index contributed by atoms with van der Waals surface area (Å²) in [7, 11) is 0. The van der Waals surface area contributed by atoms with Crippen LogP contribution in [0.4, 0.5) is 5.69 Å². The molecule has 2 aromatic carbocycles. The third kappa shape index (κ3) is 4.44. The van der Waals surface area contributed by atoms with E-state index in [4.69, 9.17) is 0 Å². The van der Waals surface area contributed by atoms with Crippen LogP contribution in [0.3, 0.4) is 0 Å². The van der Waals surface area contributed by atoms with E-state index in [0.717, 1.165) is 23.2 Å². The minimum atomic E-state index is -0.164. The number of carbonyl (C=O) groups excluding carboxylic acids is 1. The van der Waals surface area contributed by atoms with Gasteiger partial charge in [0.25, 0.3) is 0 Å². The normalized spacial score (nSPS) is 12.3. The molecule has 1 N–H and O–H groups in total. The van der Waals surface area contributed by atoms with E-state index in [1.54, 1.807) is 0 Å². The van der Waals surface area contributed by atoms with Crippen molar-refractivity contribution in [1.29, 1.82) is 0 Å². The Morgan fingerprint density at radius 2 is 1.65 bits per heavy atom. The lowest BCUT2D eigenvalue weighted by atomic mass is 9.96. The Morgan fingerprint density at radius 1 is 1.00 bits per heavy atom. The number of amides is 1. The predicted molar refractivity (Wildman–Crippen MR) is 97.9 cm³/mol. The summed E-state index contributed by atoms with van der Waals surface area (Å²) < 4.78 is 0. The zero-order valence-corrected chi connectivity index (χ0v) is 14.8. The van der Waals surface area contributed by atoms with Gasteiger partial charge in [-0.25, -0.2) is 0 Å². The Bertz CT molecular complexity index is 671. The van der Waals surface area contributed by atoms with Gasteiger partial charge < -0.3 is 5.32 Å². The Morgan fingerprint density at radius 3 is 2.26 bits per heavy atom. The molecule has 2 aromatic rings. The summed E-state index contributed by atoms with van der Waals surface area (Å²) in [6, 6.07) is 14.4. The van der Waals surface area contributed by atoms with E-state index in [1.807, 2.05) is 26.0 Å². The topological polar surface area (TPSA) is 29.1 Å². The van der Waals surface area contributed by atoms with E-state index >= 15 is 0 Å². The fraction of sp³-hybridized carbons (Fsp3) is 0.381. The van der Waals surface area contributed by atoms with Crippen LogP contribution in [0.5, 0.6) is 0 Å². The van der Waals surface area contributed by atoms with Crippen LogP contribution in [0.25, 0.3) is 0 Å². The first-order chi connectivity index (χ1) is 10.9. The average molecular weight is 309 g/mol. The molecule has 1 unspecified atom stereocenters. The highest BCUT2D eigenvalue weighted by Crippen LogP contribution is 2.22. The van der Waals surface area contributed by atoms with Gasteiger partial charge in [-0.05, 0) is 61.4 Å². The molecule has 122 valence electrons. The Balaban J connectivity index is 2.08. The van der Waals surface area contributed by atoms with Gasteiger partial charge in [0.15, 0.2) is 0 Å². The number of anilines is 1. The van der Waals surface area contributed by atoms with E-state index in [2.05, 4.69) is 56.4 Å². The summed E-state index contributed by atoms with van der Waals surface area (Å²) in [5.41, 5.74) is 5.60. The zero-order valence-electron chi connectivity index (χ0n) is 14.8. The first-order valence-electron chi connectivity index (χ1n) is 8.34. The molecule has 2 heteroatoms. The summed E-state index contributed by atoms with van der Waals surface area (Å²) in [6.45, 7) is 10.5. The molecule has 0 aliphatic heterocycles. The summed E-state index contributed by atoms with van der Waals surface area (Å²) in [5, 5.41) is 3.06. The zero-order chi connectivity index (χ0) is 17.0. The molecule has 0 heterocycles. The van der Waals surface area contributed by atoms with Gasteiger partial charge >= 0.3 is 0 Å². The Kier molecular flexibility index (Phi) is 5.59. The lowest BCUT2D eigenvalue weighted by molar-refractivity contribution is -0.117. The fourth-order valence-corrected chi connectivity index (χ4v) is 2.69. The molecule has 1 amide bonds. The van der Waals surface area contributed by atoms with Crippen molar-refractivity contribution in [2.45, 2.75) is 47.0 Å². The number of hydrogen-bond acceptors (Lipinski definition) is 1. The van der Waals surface area contributed by atoms with Crippen LogP contribution in [-0.2, 0) is 11.2 Å². The first kappa shape index (κ1) is 17.3. The molecule has 0 saturated heterocycles. The highest BCUT2D eigenvalue weighted by atomic mass is 16.1. The van der Waals surface area contributed by atoms with Crippen molar-refractivity contribution < 1.29 is 4.79 Å². The van der Waals surface area contributed by atoms with Gasteiger partial charge in [-0.2, -0.15) is 0 Å². The van der Waals surface area contributed by atoms with Crippen molar-refractivity contribution in [3.8, 4) is 0 Å². The van der Waals surface area contributed by atoms with Crippen LogP contribution in [-0.4, -0.2) is 5.91 Å². The van der Waals surface area contributed by atoms with Crippen LogP contribution >= 0.6 is 0 Å². The second-order valence-electron chi connectivity index (χ2n) is 6.80. The Labute approximate surface area is 139 Å². The quantitative estimate of drug-likeness (QED) is 0.803. The number of nitrogens with one attached hydrogen (secondary N) is 1. The molecular weight excluding hydrogens is 282 g/mol. The van der Waals surface area contributed by atoms with Crippen LogP contribution in [0.1, 0.15) is 48.9 Å². The van der Waals surface area contributed by atoms with E-state index in [9.17, 15) is 4.79 Å². The third-order valence-electron chi connectivity index (χ3n) is 4.38. The molecule has 0 aromatic heterocycles. The molecule has 0 aliphatic carbocycles. The van der Waals surface area contributed by atoms with E-state index in [1.165, 1.54) is 11.1 Å². The van der Waals surface area contributed by atoms with Gasteiger partial charge in [0.2, 0.25) is 5.91 Å². The van der Waals surface area contributed by atoms with Crippen molar-refractivity contribution in [2.75, 3.05) is 5.32 Å². The van der Waals surface area contributed by atoms with Crippen LogP contribution in [0, 0.1) is 19.8 Å². The smallest absolute Gasteiger partial charge is 0.231 e. The molecule has 0 fully saturated rings. The SMILES string of the molecule is Cc1cccc(NC(=O)C(C)c2ccc(CC(C)C)cc2)c1C. The highest BCUT2D eigenvalue weighted by Gasteiger charge is 2.16. The average Bonchev–Trinajstić information content (AvgIpc) is 2.51. The Hall–Kier alpha value is -2.09. The summed E-state index contributed by atoms with van der Waals surface area (Å²) in [6.07, 6.45) is 1.07. The molecule has 0 bridgehead atoms. The molecule has 0 aliphatic rings. The second kappa shape index (κ2) is 7.45. The standard InChI is InChI=1S/C21H27NO/c1-14(2)13-18-9-11-19(12-10-18)17(5)21(23)22-20-8-6-7-15(3)16(20)4/h6-12,14,17H,13H2,1-5H3,(H,22,23). The van der Waals surface area contributed by atoms with Gasteiger partial charge in [-0.1, -0.05) is 50.2 Å². The number of rotatable bonds is 5. The number of hydrogen-bond donors (Lipinski definition) is 1. The third-order valence-corrected chi connectivity index (χ3v) is 4.38. The van der Waals surface area contributed by atoms with Crippen molar-refractivity contribution in [3.63, 3.8) is 0 Å². The van der Waals surface area contributed by atoms with Gasteiger partial charge in [-0.15, -0.1) is 0 Å². The van der Waals surface area contributed by atoms with Gasteiger partial charge in [0.05, 0.1) is 5.92 Å². The fourth-order valence-electron chi connectivity index (χ4n) is 2.69. The summed E-state index contributed by atoms with van der Waals surface area (Å²) >= 11 is 0. The number of carbonyl (C=O) groups is 1. The minimum Gasteiger partial charge on any atom is -0.325 e. The van der Waals surface area contributed by atoms with Crippen molar-refractivity contribution >= 4 is 11.6 Å². The second-order valence-corrected chi connectivity index (χ2v) is 6.80. The van der Waals surface area contributed by atoms with Crippen molar-refractivity contribution in [1.82, 2.24) is 0 Å². The van der Waals surface area contributed by atoms with Crippen LogP contribution in [0.2, 0.25) is 0 Å². The highest BCUT2D eigenvalue weighted by molar-refractivity contribution is 5.96. The van der Waals surface area contributed by atoms with Gasteiger partial charge in [0, 0.05) is 5.69 Å².